The van der Waals surface area contributed by atoms with Crippen LogP contribution in [0, 0.1) is 0 Å². The second kappa shape index (κ2) is 4.98. The molecule has 3 N–H and O–H groups in total. The minimum atomic E-state index is 0.0635. The lowest BCUT2D eigenvalue weighted by Gasteiger charge is -2.06. The van der Waals surface area contributed by atoms with Crippen molar-refractivity contribution in [1.82, 2.24) is 0 Å². The first-order valence-corrected chi connectivity index (χ1v) is 8.05. The quantitative estimate of drug-likeness (QED) is 0.816. The van der Waals surface area contributed by atoms with Gasteiger partial charge in [0, 0.05) is 17.4 Å². The van der Waals surface area contributed by atoms with Crippen LogP contribution in [0.4, 0.5) is 10.7 Å². The zero-order chi connectivity index (χ0) is 13.4. The van der Waals surface area contributed by atoms with Crippen molar-refractivity contribution in [3.05, 3.63) is 32.8 Å². The Balaban J connectivity index is 1.86. The van der Waals surface area contributed by atoms with Crippen molar-refractivity contribution in [2.24, 2.45) is 0 Å². The second-order valence-electron chi connectivity index (χ2n) is 4.85. The van der Waals surface area contributed by atoms with E-state index in [0.717, 1.165) is 11.5 Å². The molecular formula is C14H16N2OS2. The molecule has 0 radical (unpaired) electrons. The maximum Gasteiger partial charge on any atom is 0.171 e. The number of Topliss-reactive ketones (excluding diaryl/α,β-unsaturated/α-hetero) is 1. The third kappa shape index (κ3) is 2.53. The van der Waals surface area contributed by atoms with E-state index in [0.29, 0.717) is 16.5 Å². The molecule has 2 heterocycles. The summed E-state index contributed by atoms with van der Waals surface area (Å²) in [5.74, 6) is 0.615. The molecule has 0 aromatic carbocycles. The molecule has 1 saturated carbocycles. The zero-order valence-corrected chi connectivity index (χ0v) is 12.4. The molecule has 1 fully saturated rings. The fraction of sp³-hybridized carbons (Fsp3) is 0.357. The molecule has 19 heavy (non-hydrogen) atoms. The number of thiophene rings is 2. The fourth-order valence-corrected chi connectivity index (χ4v) is 3.95. The highest BCUT2D eigenvalue weighted by Crippen LogP contribution is 2.51. The van der Waals surface area contributed by atoms with Crippen molar-refractivity contribution in [2.75, 3.05) is 11.1 Å². The van der Waals surface area contributed by atoms with Gasteiger partial charge in [-0.3, -0.25) is 4.79 Å². The number of nitrogens with two attached hydrogens (primary N) is 1. The summed E-state index contributed by atoms with van der Waals surface area (Å²) >= 11 is 3.24. The minimum absolute atomic E-state index is 0.0635. The normalized spacial score (nSPS) is 14.6. The summed E-state index contributed by atoms with van der Waals surface area (Å²) in [6.07, 6.45) is 2.37. The Morgan fingerprint density at radius 3 is 2.89 bits per heavy atom. The van der Waals surface area contributed by atoms with Gasteiger partial charge in [-0.2, -0.15) is 0 Å². The molecule has 0 unspecified atom stereocenters. The van der Waals surface area contributed by atoms with Crippen LogP contribution in [0.1, 0.15) is 45.8 Å². The van der Waals surface area contributed by atoms with Gasteiger partial charge in [-0.25, -0.2) is 0 Å². The van der Waals surface area contributed by atoms with Gasteiger partial charge < -0.3 is 11.1 Å². The summed E-state index contributed by atoms with van der Waals surface area (Å²) in [7, 11) is 0. The molecule has 100 valence electrons. The molecule has 2 aromatic rings. The summed E-state index contributed by atoms with van der Waals surface area (Å²) in [4.78, 5) is 13.6. The smallest absolute Gasteiger partial charge is 0.171 e. The van der Waals surface area contributed by atoms with E-state index in [2.05, 4.69) is 16.8 Å². The number of hydrogen-bond acceptors (Lipinski definition) is 5. The lowest BCUT2D eigenvalue weighted by Crippen LogP contribution is -1.99. The lowest BCUT2D eigenvalue weighted by atomic mass is 10.1. The molecule has 0 saturated heterocycles. The van der Waals surface area contributed by atoms with Crippen LogP contribution in [0.15, 0.2) is 17.5 Å². The molecule has 3 nitrogen and oxygen atoms in total. The second-order valence-corrected chi connectivity index (χ2v) is 6.90. The Bertz CT molecular complexity index is 597. The SMILES string of the molecule is CC(=O)c1sc(NCc2cccs2)c(C2CC2)c1N. The van der Waals surface area contributed by atoms with Crippen LogP contribution in [0.25, 0.3) is 0 Å². The Morgan fingerprint density at radius 2 is 2.32 bits per heavy atom. The predicted octanol–water partition coefficient (Wildman–Crippen LogP) is 4.08. The molecule has 0 bridgehead atoms. The zero-order valence-electron chi connectivity index (χ0n) is 10.7. The third-order valence-electron chi connectivity index (χ3n) is 3.29. The van der Waals surface area contributed by atoms with Gasteiger partial charge in [0.25, 0.3) is 0 Å². The van der Waals surface area contributed by atoms with Crippen LogP contribution >= 0.6 is 22.7 Å². The first-order valence-electron chi connectivity index (χ1n) is 6.36. The maximum atomic E-state index is 11.6. The Labute approximate surface area is 120 Å². The molecule has 2 aromatic heterocycles. The largest absolute Gasteiger partial charge is 0.397 e. The van der Waals surface area contributed by atoms with Crippen molar-refractivity contribution < 1.29 is 4.79 Å². The molecule has 5 heteroatoms. The lowest BCUT2D eigenvalue weighted by molar-refractivity contribution is 0.102. The van der Waals surface area contributed by atoms with Crippen LogP contribution in [-0.4, -0.2) is 5.78 Å². The molecule has 0 aliphatic heterocycles. The summed E-state index contributed by atoms with van der Waals surface area (Å²) in [6, 6.07) is 4.16. The molecule has 1 aliphatic carbocycles. The molecule has 1 aliphatic rings. The van der Waals surface area contributed by atoms with Crippen LogP contribution in [0.3, 0.4) is 0 Å². The van der Waals surface area contributed by atoms with E-state index in [1.807, 2.05) is 6.07 Å². The highest BCUT2D eigenvalue weighted by Gasteiger charge is 2.32. The number of anilines is 2. The van der Waals surface area contributed by atoms with Gasteiger partial charge in [-0.15, -0.1) is 22.7 Å². The van der Waals surface area contributed by atoms with Gasteiger partial charge in [0.05, 0.1) is 22.1 Å². The average Bonchev–Trinajstić information content (AvgIpc) is 2.96. The highest BCUT2D eigenvalue weighted by atomic mass is 32.1. The van der Waals surface area contributed by atoms with E-state index in [1.165, 1.54) is 34.6 Å². The van der Waals surface area contributed by atoms with E-state index >= 15 is 0 Å². The predicted molar refractivity (Wildman–Crippen MR) is 82.4 cm³/mol. The standard InChI is InChI=1S/C14H16N2OS2/c1-8(17)13-12(15)11(9-4-5-9)14(19-13)16-7-10-3-2-6-18-10/h2-3,6,9,16H,4-5,7,15H2,1H3. The van der Waals surface area contributed by atoms with E-state index in [9.17, 15) is 4.79 Å². The number of ketones is 1. The topological polar surface area (TPSA) is 55.1 Å². The number of carbonyl (C=O) groups is 1. The Morgan fingerprint density at radius 1 is 1.53 bits per heavy atom. The van der Waals surface area contributed by atoms with Crippen LogP contribution in [-0.2, 0) is 6.54 Å². The van der Waals surface area contributed by atoms with Crippen LogP contribution < -0.4 is 11.1 Å². The summed E-state index contributed by atoms with van der Waals surface area (Å²) in [5, 5.41) is 6.60. The van der Waals surface area contributed by atoms with Gasteiger partial charge in [0.1, 0.15) is 0 Å². The molecule has 3 rings (SSSR count). The number of nitrogens with one attached hydrogen (secondary N) is 1. The Kier molecular flexibility index (Phi) is 3.33. The van der Waals surface area contributed by atoms with Gasteiger partial charge in [0.2, 0.25) is 0 Å². The minimum Gasteiger partial charge on any atom is -0.397 e. The number of nitrogen functional groups attached to an aromatic ring is 1. The van der Waals surface area contributed by atoms with Crippen LogP contribution in [0.2, 0.25) is 0 Å². The van der Waals surface area contributed by atoms with E-state index in [1.54, 1.807) is 18.3 Å². The first kappa shape index (κ1) is 12.7. The number of carbonyl (C=O) groups excluding carboxylic acids is 1. The van der Waals surface area contributed by atoms with Crippen LogP contribution in [0.5, 0.6) is 0 Å². The van der Waals surface area contributed by atoms with E-state index in [4.69, 9.17) is 5.73 Å². The summed E-state index contributed by atoms with van der Waals surface area (Å²) < 4.78 is 0. The number of hydrogen-bond donors (Lipinski definition) is 2. The maximum absolute atomic E-state index is 11.6. The molecule has 0 amide bonds. The van der Waals surface area contributed by atoms with E-state index < -0.39 is 0 Å². The van der Waals surface area contributed by atoms with Crippen molar-refractivity contribution in [1.29, 1.82) is 0 Å². The van der Waals surface area contributed by atoms with E-state index in [-0.39, 0.29) is 5.78 Å². The van der Waals surface area contributed by atoms with Crippen molar-refractivity contribution in [2.45, 2.75) is 32.2 Å². The Hall–Kier alpha value is -1.33. The first-order chi connectivity index (χ1) is 9.16. The van der Waals surface area contributed by atoms with Gasteiger partial charge in [-0.05, 0) is 30.2 Å². The average molecular weight is 292 g/mol. The van der Waals surface area contributed by atoms with Crippen molar-refractivity contribution in [3.8, 4) is 0 Å². The van der Waals surface area contributed by atoms with Crippen molar-refractivity contribution in [3.63, 3.8) is 0 Å². The summed E-state index contributed by atoms with van der Waals surface area (Å²) in [5.41, 5.74) is 8.02. The van der Waals surface area contributed by atoms with Gasteiger partial charge >= 0.3 is 0 Å². The van der Waals surface area contributed by atoms with Gasteiger partial charge in [0.15, 0.2) is 5.78 Å². The molecular weight excluding hydrogens is 276 g/mol. The highest BCUT2D eigenvalue weighted by molar-refractivity contribution is 7.18. The third-order valence-corrected chi connectivity index (χ3v) is 5.45. The molecule has 0 atom stereocenters. The monoisotopic (exact) mass is 292 g/mol. The van der Waals surface area contributed by atoms with Crippen molar-refractivity contribution >= 4 is 39.1 Å². The fourth-order valence-electron chi connectivity index (χ4n) is 2.21. The summed E-state index contributed by atoms with van der Waals surface area (Å²) in [6.45, 7) is 2.39. The van der Waals surface area contributed by atoms with Gasteiger partial charge in [-0.1, -0.05) is 6.07 Å². The molecule has 0 spiro atoms. The number of rotatable bonds is 5.